The Morgan fingerprint density at radius 2 is 2.29 bits per heavy atom. The number of rotatable bonds is 3. The van der Waals surface area contributed by atoms with E-state index in [0.29, 0.717) is 0 Å². The third kappa shape index (κ3) is 2.79. The summed E-state index contributed by atoms with van der Waals surface area (Å²) in [5, 5.41) is 3.62. The maximum absolute atomic E-state index is 3.62. The van der Waals surface area contributed by atoms with E-state index < -0.39 is 0 Å². The molecule has 1 aromatic rings. The van der Waals surface area contributed by atoms with Crippen LogP contribution in [0.5, 0.6) is 0 Å². The van der Waals surface area contributed by atoms with Gasteiger partial charge in [-0.25, -0.2) is 0 Å². The minimum atomic E-state index is 0.747. The Bertz CT molecular complexity index is 277. The smallest absolute Gasteiger partial charge is 0.0223 e. The zero-order valence-corrected chi connectivity index (χ0v) is 9.52. The topological polar surface area (TPSA) is 17.0 Å². The third-order valence-corrected chi connectivity index (χ3v) is 3.76. The van der Waals surface area contributed by atoms with Crippen LogP contribution in [0.25, 0.3) is 0 Å². The van der Waals surface area contributed by atoms with Crippen LogP contribution in [0.1, 0.15) is 18.4 Å². The Hall–Kier alpha value is -0.410. The minimum Gasteiger partial charge on any atom is -0.357 e. The lowest BCUT2D eigenvalue weighted by molar-refractivity contribution is 0.482. The molecule has 1 saturated heterocycles. The van der Waals surface area contributed by atoms with Crippen molar-refractivity contribution < 1.29 is 0 Å². The second-order valence-corrected chi connectivity index (χ2v) is 5.18. The Morgan fingerprint density at radius 1 is 1.50 bits per heavy atom. The van der Waals surface area contributed by atoms with E-state index >= 15 is 0 Å². The van der Waals surface area contributed by atoms with Gasteiger partial charge in [0.15, 0.2) is 0 Å². The van der Waals surface area contributed by atoms with E-state index in [9.17, 15) is 0 Å². The van der Waals surface area contributed by atoms with Gasteiger partial charge in [-0.15, -0.1) is 0 Å². The van der Waals surface area contributed by atoms with Gasteiger partial charge >= 0.3 is 0 Å². The largest absolute Gasteiger partial charge is 0.357 e. The first-order valence-electron chi connectivity index (χ1n) is 5.26. The number of nitrogens with one attached hydrogen (secondary N) is 1. The van der Waals surface area contributed by atoms with Crippen LogP contribution < -0.4 is 5.32 Å². The van der Waals surface area contributed by atoms with Gasteiger partial charge in [0.1, 0.15) is 0 Å². The molecule has 1 aliphatic heterocycles. The zero-order valence-electron chi connectivity index (χ0n) is 8.70. The lowest BCUT2D eigenvalue weighted by Crippen LogP contribution is -2.31. The van der Waals surface area contributed by atoms with Crippen LogP contribution in [-0.2, 0) is 13.6 Å². The second-order valence-electron chi connectivity index (χ2n) is 3.95. The highest BCUT2D eigenvalue weighted by atomic mass is 32.2. The minimum absolute atomic E-state index is 0.747. The fraction of sp³-hybridized carbons (Fsp3) is 0.636. The normalized spacial score (nSPS) is 18.6. The summed E-state index contributed by atoms with van der Waals surface area (Å²) in [6, 6.07) is 2.93. The van der Waals surface area contributed by atoms with E-state index in [-0.39, 0.29) is 0 Å². The monoisotopic (exact) mass is 210 g/mol. The molecule has 2 rings (SSSR count). The molecule has 0 radical (unpaired) electrons. The fourth-order valence-corrected chi connectivity index (χ4v) is 2.94. The van der Waals surface area contributed by atoms with Crippen molar-refractivity contribution in [3.63, 3.8) is 0 Å². The van der Waals surface area contributed by atoms with Crippen molar-refractivity contribution in [1.29, 1.82) is 0 Å². The standard InChI is InChI=1S/C11H18N2S/c1-13-5-2-10(9-13)8-12-11-3-6-14-7-4-11/h2,5,9,11-12H,3-4,6-8H2,1H3. The van der Waals surface area contributed by atoms with Crippen LogP contribution in [0, 0.1) is 0 Å². The average molecular weight is 210 g/mol. The van der Waals surface area contributed by atoms with Crippen molar-refractivity contribution in [3.8, 4) is 0 Å². The Kier molecular flexibility index (Phi) is 3.54. The van der Waals surface area contributed by atoms with Crippen LogP contribution in [0.3, 0.4) is 0 Å². The molecule has 1 fully saturated rings. The summed E-state index contributed by atoms with van der Waals surface area (Å²) in [4.78, 5) is 0. The molecule has 2 nitrogen and oxygen atoms in total. The Balaban J connectivity index is 1.76. The summed E-state index contributed by atoms with van der Waals surface area (Å²) in [7, 11) is 2.07. The Morgan fingerprint density at radius 3 is 2.93 bits per heavy atom. The molecule has 14 heavy (non-hydrogen) atoms. The summed E-state index contributed by atoms with van der Waals surface area (Å²) in [5.74, 6) is 2.65. The zero-order chi connectivity index (χ0) is 9.80. The molecule has 3 heteroatoms. The van der Waals surface area contributed by atoms with E-state index in [1.807, 2.05) is 0 Å². The SMILES string of the molecule is Cn1ccc(CNC2CCSCC2)c1. The van der Waals surface area contributed by atoms with E-state index in [1.54, 1.807) is 0 Å². The third-order valence-electron chi connectivity index (χ3n) is 2.71. The first kappa shape index (κ1) is 10.1. The van der Waals surface area contributed by atoms with Crippen LogP contribution in [0.2, 0.25) is 0 Å². The first-order valence-corrected chi connectivity index (χ1v) is 6.42. The molecule has 0 unspecified atom stereocenters. The van der Waals surface area contributed by atoms with Gasteiger partial charge in [-0.3, -0.25) is 0 Å². The van der Waals surface area contributed by atoms with E-state index in [1.165, 1.54) is 29.9 Å². The summed E-state index contributed by atoms with van der Waals surface area (Å²) in [6.07, 6.45) is 6.95. The van der Waals surface area contributed by atoms with Crippen LogP contribution in [0.4, 0.5) is 0 Å². The van der Waals surface area contributed by atoms with Crippen molar-refractivity contribution in [2.45, 2.75) is 25.4 Å². The Labute approximate surface area is 90.1 Å². The average Bonchev–Trinajstić information content (AvgIpc) is 2.63. The molecule has 1 aliphatic rings. The van der Waals surface area contributed by atoms with Crippen molar-refractivity contribution in [2.24, 2.45) is 7.05 Å². The number of hydrogen-bond donors (Lipinski definition) is 1. The first-order chi connectivity index (χ1) is 6.84. The molecule has 0 atom stereocenters. The quantitative estimate of drug-likeness (QED) is 0.822. The van der Waals surface area contributed by atoms with Crippen LogP contribution >= 0.6 is 11.8 Å². The number of nitrogens with zero attached hydrogens (tertiary/aromatic N) is 1. The molecule has 2 heterocycles. The molecular weight excluding hydrogens is 192 g/mol. The van der Waals surface area contributed by atoms with Crippen molar-refractivity contribution in [3.05, 3.63) is 24.0 Å². The predicted octanol–water partition coefficient (Wildman–Crippen LogP) is 2.01. The number of aryl methyl sites for hydroxylation is 1. The predicted molar refractivity (Wildman–Crippen MR) is 62.6 cm³/mol. The van der Waals surface area contributed by atoms with Gasteiger partial charge in [-0.1, -0.05) is 0 Å². The number of hydrogen-bond acceptors (Lipinski definition) is 2. The maximum atomic E-state index is 3.62. The fourth-order valence-electron chi connectivity index (χ4n) is 1.83. The second kappa shape index (κ2) is 4.89. The van der Waals surface area contributed by atoms with Crippen molar-refractivity contribution in [2.75, 3.05) is 11.5 Å². The molecule has 1 N–H and O–H groups in total. The summed E-state index contributed by atoms with van der Waals surface area (Å²) in [6.45, 7) is 1.02. The van der Waals surface area contributed by atoms with Gasteiger partial charge in [0.25, 0.3) is 0 Å². The highest BCUT2D eigenvalue weighted by Crippen LogP contribution is 2.17. The van der Waals surface area contributed by atoms with E-state index in [4.69, 9.17) is 0 Å². The highest BCUT2D eigenvalue weighted by molar-refractivity contribution is 7.99. The van der Waals surface area contributed by atoms with Crippen LogP contribution in [0.15, 0.2) is 18.5 Å². The lowest BCUT2D eigenvalue weighted by Gasteiger charge is -2.22. The molecule has 0 aromatic carbocycles. The molecule has 78 valence electrons. The molecule has 1 aromatic heterocycles. The molecule has 0 aliphatic carbocycles. The van der Waals surface area contributed by atoms with Gasteiger partial charge in [0.2, 0.25) is 0 Å². The number of thioether (sulfide) groups is 1. The summed E-state index contributed by atoms with van der Waals surface area (Å²) < 4.78 is 2.10. The molecule has 0 spiro atoms. The van der Waals surface area contributed by atoms with Gasteiger partial charge in [-0.05, 0) is 36.0 Å². The van der Waals surface area contributed by atoms with Gasteiger partial charge < -0.3 is 9.88 Å². The lowest BCUT2D eigenvalue weighted by atomic mass is 10.1. The molecule has 0 saturated carbocycles. The highest BCUT2D eigenvalue weighted by Gasteiger charge is 2.12. The summed E-state index contributed by atoms with van der Waals surface area (Å²) in [5.41, 5.74) is 1.39. The summed E-state index contributed by atoms with van der Waals surface area (Å²) >= 11 is 2.08. The molecule has 0 bridgehead atoms. The van der Waals surface area contributed by atoms with Crippen LogP contribution in [-0.4, -0.2) is 22.1 Å². The van der Waals surface area contributed by atoms with Gasteiger partial charge in [0, 0.05) is 32.0 Å². The number of aromatic nitrogens is 1. The molecular formula is C11H18N2S. The van der Waals surface area contributed by atoms with Gasteiger partial charge in [-0.2, -0.15) is 11.8 Å². The molecule has 0 amide bonds. The maximum Gasteiger partial charge on any atom is 0.0223 e. The van der Waals surface area contributed by atoms with Gasteiger partial charge in [0.05, 0.1) is 0 Å². The van der Waals surface area contributed by atoms with Crippen molar-refractivity contribution in [1.82, 2.24) is 9.88 Å². The van der Waals surface area contributed by atoms with E-state index in [2.05, 4.69) is 47.2 Å². The van der Waals surface area contributed by atoms with E-state index in [0.717, 1.165) is 12.6 Å². The van der Waals surface area contributed by atoms with Crippen molar-refractivity contribution >= 4 is 11.8 Å².